The predicted octanol–water partition coefficient (Wildman–Crippen LogP) is 4.86. The number of nitrogens with one attached hydrogen (secondary N) is 1. The molecule has 3 aromatic rings. The zero-order valence-corrected chi connectivity index (χ0v) is 16.9. The first-order valence-corrected chi connectivity index (χ1v) is 10.8. The highest BCUT2D eigenvalue weighted by atomic mass is 35.5. The lowest BCUT2D eigenvalue weighted by Gasteiger charge is -2.16. The number of rotatable bonds is 4. The van der Waals surface area contributed by atoms with Crippen LogP contribution in [0.2, 0.25) is 10.0 Å². The molecule has 26 heavy (non-hydrogen) atoms. The molecule has 1 heterocycles. The quantitative estimate of drug-likeness (QED) is 0.645. The summed E-state index contributed by atoms with van der Waals surface area (Å²) in [5, 5.41) is 4.40. The fourth-order valence-electron chi connectivity index (χ4n) is 2.35. The van der Waals surface area contributed by atoms with Crippen molar-refractivity contribution in [1.82, 2.24) is 0 Å². The number of thiophene rings is 1. The summed E-state index contributed by atoms with van der Waals surface area (Å²) in [5.74, 6) is -0.289. The van der Waals surface area contributed by atoms with Crippen molar-refractivity contribution in [2.45, 2.75) is 0 Å². The van der Waals surface area contributed by atoms with E-state index in [1.165, 1.54) is 22.7 Å². The molecule has 0 aliphatic carbocycles. The standard InChI is InChI=1S/C17H14Cl2N2O3S2/c1-21(26(2,23)24)14-3-4-15-10(5-14)6-16(25-15)17(22)20-13-8-11(18)7-12(19)9-13/h3-9H,1-2H3,(H,20,22). The number of benzene rings is 2. The van der Waals surface area contributed by atoms with E-state index in [2.05, 4.69) is 5.32 Å². The molecule has 136 valence electrons. The highest BCUT2D eigenvalue weighted by molar-refractivity contribution is 7.92. The van der Waals surface area contributed by atoms with E-state index in [1.54, 1.807) is 42.5 Å². The number of amides is 1. The molecule has 5 nitrogen and oxygen atoms in total. The van der Waals surface area contributed by atoms with Crippen LogP contribution in [0.3, 0.4) is 0 Å². The molecule has 0 saturated heterocycles. The van der Waals surface area contributed by atoms with Crippen LogP contribution in [0, 0.1) is 0 Å². The Hall–Kier alpha value is -1.80. The predicted molar refractivity (Wildman–Crippen MR) is 109 cm³/mol. The van der Waals surface area contributed by atoms with E-state index in [0.717, 1.165) is 16.3 Å². The molecule has 0 radical (unpaired) electrons. The number of nitrogens with zero attached hydrogens (tertiary/aromatic N) is 1. The van der Waals surface area contributed by atoms with Crippen molar-refractivity contribution in [3.8, 4) is 0 Å². The molecule has 0 spiro atoms. The second kappa shape index (κ2) is 7.08. The van der Waals surface area contributed by atoms with Crippen molar-refractivity contribution in [2.75, 3.05) is 22.9 Å². The van der Waals surface area contributed by atoms with Crippen molar-refractivity contribution < 1.29 is 13.2 Å². The van der Waals surface area contributed by atoms with Crippen LogP contribution in [0.5, 0.6) is 0 Å². The van der Waals surface area contributed by atoms with Gasteiger partial charge in [0.2, 0.25) is 10.0 Å². The Morgan fingerprint density at radius 3 is 2.35 bits per heavy atom. The van der Waals surface area contributed by atoms with Gasteiger partial charge >= 0.3 is 0 Å². The van der Waals surface area contributed by atoms with Crippen LogP contribution in [0.4, 0.5) is 11.4 Å². The van der Waals surface area contributed by atoms with Gasteiger partial charge in [-0.1, -0.05) is 23.2 Å². The molecular weight excluding hydrogens is 415 g/mol. The summed E-state index contributed by atoms with van der Waals surface area (Å²) >= 11 is 13.2. The Morgan fingerprint density at radius 1 is 1.08 bits per heavy atom. The molecule has 3 rings (SSSR count). The van der Waals surface area contributed by atoms with Gasteiger partial charge in [-0.25, -0.2) is 8.42 Å². The molecule has 0 saturated carbocycles. The Balaban J connectivity index is 1.90. The topological polar surface area (TPSA) is 66.5 Å². The van der Waals surface area contributed by atoms with Gasteiger partial charge in [-0.15, -0.1) is 11.3 Å². The highest BCUT2D eigenvalue weighted by Gasteiger charge is 2.15. The molecule has 1 aromatic heterocycles. The second-order valence-corrected chi connectivity index (χ2v) is 9.65. The maximum Gasteiger partial charge on any atom is 0.265 e. The maximum atomic E-state index is 12.5. The Labute approximate surface area is 165 Å². The van der Waals surface area contributed by atoms with Gasteiger partial charge in [0, 0.05) is 27.5 Å². The average molecular weight is 429 g/mol. The van der Waals surface area contributed by atoms with Crippen LogP contribution in [-0.2, 0) is 10.0 Å². The van der Waals surface area contributed by atoms with Crippen LogP contribution in [0.25, 0.3) is 10.1 Å². The number of hydrogen-bond acceptors (Lipinski definition) is 4. The van der Waals surface area contributed by atoms with Crippen molar-refractivity contribution in [3.63, 3.8) is 0 Å². The van der Waals surface area contributed by atoms with E-state index in [0.29, 0.717) is 26.3 Å². The fraction of sp³-hybridized carbons (Fsp3) is 0.118. The van der Waals surface area contributed by atoms with Crippen molar-refractivity contribution >= 4 is 71.9 Å². The van der Waals surface area contributed by atoms with Gasteiger partial charge in [-0.3, -0.25) is 9.10 Å². The largest absolute Gasteiger partial charge is 0.321 e. The monoisotopic (exact) mass is 428 g/mol. The Morgan fingerprint density at radius 2 is 1.73 bits per heavy atom. The van der Waals surface area contributed by atoms with Gasteiger partial charge in [-0.05, 0) is 47.9 Å². The minimum absolute atomic E-state index is 0.289. The summed E-state index contributed by atoms with van der Waals surface area (Å²) in [5.41, 5.74) is 1.04. The minimum Gasteiger partial charge on any atom is -0.321 e. The van der Waals surface area contributed by atoms with Gasteiger partial charge in [0.25, 0.3) is 5.91 Å². The fourth-order valence-corrected chi connectivity index (χ4v) is 4.31. The number of halogens is 2. The Kier molecular flexibility index (Phi) is 5.16. The molecule has 0 atom stereocenters. The van der Waals surface area contributed by atoms with Crippen LogP contribution < -0.4 is 9.62 Å². The van der Waals surface area contributed by atoms with Crippen molar-refractivity contribution in [3.05, 3.63) is 57.4 Å². The van der Waals surface area contributed by atoms with Gasteiger partial charge in [-0.2, -0.15) is 0 Å². The molecule has 1 N–H and O–H groups in total. The molecule has 2 aromatic carbocycles. The SMILES string of the molecule is CN(c1ccc2sc(C(=O)Nc3cc(Cl)cc(Cl)c3)cc2c1)S(C)(=O)=O. The van der Waals surface area contributed by atoms with E-state index >= 15 is 0 Å². The van der Waals surface area contributed by atoms with Crippen LogP contribution in [-0.4, -0.2) is 27.6 Å². The third-order valence-electron chi connectivity index (χ3n) is 3.71. The lowest BCUT2D eigenvalue weighted by Crippen LogP contribution is -2.24. The lowest BCUT2D eigenvalue weighted by atomic mass is 10.2. The number of carbonyl (C=O) groups is 1. The van der Waals surface area contributed by atoms with Crippen LogP contribution in [0.1, 0.15) is 9.67 Å². The van der Waals surface area contributed by atoms with Gasteiger partial charge in [0.1, 0.15) is 0 Å². The number of anilines is 2. The molecule has 0 aliphatic heterocycles. The molecule has 0 unspecified atom stereocenters. The van der Waals surface area contributed by atoms with Gasteiger partial charge in [0.15, 0.2) is 0 Å². The lowest BCUT2D eigenvalue weighted by molar-refractivity contribution is 0.103. The zero-order valence-electron chi connectivity index (χ0n) is 13.8. The minimum atomic E-state index is -3.35. The van der Waals surface area contributed by atoms with E-state index in [9.17, 15) is 13.2 Å². The molecule has 0 fully saturated rings. The van der Waals surface area contributed by atoms with Gasteiger partial charge in [0.05, 0.1) is 16.8 Å². The summed E-state index contributed by atoms with van der Waals surface area (Å²) in [7, 11) is -1.86. The summed E-state index contributed by atoms with van der Waals surface area (Å²) in [6.07, 6.45) is 1.14. The smallest absolute Gasteiger partial charge is 0.265 e. The summed E-state index contributed by atoms with van der Waals surface area (Å²) in [6.45, 7) is 0. The number of sulfonamides is 1. The molecular formula is C17H14Cl2N2O3S2. The normalized spacial score (nSPS) is 11.5. The summed E-state index contributed by atoms with van der Waals surface area (Å²) < 4.78 is 25.4. The average Bonchev–Trinajstić information content (AvgIpc) is 2.95. The molecule has 0 aliphatic rings. The van der Waals surface area contributed by atoms with Crippen LogP contribution >= 0.6 is 34.5 Å². The van der Waals surface area contributed by atoms with Crippen molar-refractivity contribution in [1.29, 1.82) is 0 Å². The third-order valence-corrected chi connectivity index (χ3v) is 6.46. The van der Waals surface area contributed by atoms with Gasteiger partial charge < -0.3 is 5.32 Å². The number of hydrogen-bond donors (Lipinski definition) is 1. The summed E-state index contributed by atoms with van der Waals surface area (Å²) in [6, 6.07) is 11.8. The molecule has 0 bridgehead atoms. The number of fused-ring (bicyclic) bond motifs is 1. The van der Waals surface area contributed by atoms with E-state index in [-0.39, 0.29) is 5.91 Å². The first-order chi connectivity index (χ1) is 12.1. The second-order valence-electron chi connectivity index (χ2n) is 5.68. The molecule has 9 heteroatoms. The first-order valence-electron chi connectivity index (χ1n) is 7.38. The third kappa shape index (κ3) is 4.12. The zero-order chi connectivity index (χ0) is 19.1. The highest BCUT2D eigenvalue weighted by Crippen LogP contribution is 2.31. The van der Waals surface area contributed by atoms with E-state index in [1.807, 2.05) is 0 Å². The maximum absolute atomic E-state index is 12.5. The Bertz CT molecular complexity index is 1090. The first kappa shape index (κ1) is 19.0. The van der Waals surface area contributed by atoms with Crippen LogP contribution in [0.15, 0.2) is 42.5 Å². The summed E-state index contributed by atoms with van der Waals surface area (Å²) in [4.78, 5) is 13.0. The molecule has 1 amide bonds. The number of carbonyl (C=O) groups excluding carboxylic acids is 1. The van der Waals surface area contributed by atoms with E-state index < -0.39 is 10.0 Å². The van der Waals surface area contributed by atoms with E-state index in [4.69, 9.17) is 23.2 Å². The van der Waals surface area contributed by atoms with Crippen molar-refractivity contribution in [2.24, 2.45) is 0 Å².